The highest BCUT2D eigenvalue weighted by Crippen LogP contribution is 2.20. The first kappa shape index (κ1) is 18.2. The van der Waals surface area contributed by atoms with Crippen LogP contribution in [0, 0.1) is 6.92 Å². The second kappa shape index (κ2) is 7.84. The number of benzene rings is 1. The Hall–Kier alpha value is -3.16. The van der Waals surface area contributed by atoms with Crippen molar-refractivity contribution < 1.29 is 4.79 Å². The molecule has 1 fully saturated rings. The van der Waals surface area contributed by atoms with E-state index in [0.717, 1.165) is 37.2 Å². The van der Waals surface area contributed by atoms with E-state index in [-0.39, 0.29) is 18.1 Å². The molecule has 28 heavy (non-hydrogen) atoms. The zero-order valence-electron chi connectivity index (χ0n) is 16.0. The Bertz CT molecular complexity index is 1050. The highest BCUT2D eigenvalue weighted by atomic mass is 16.2. The molecule has 0 aliphatic carbocycles. The summed E-state index contributed by atoms with van der Waals surface area (Å²) in [7, 11) is 0. The molecule has 1 aliphatic heterocycles. The van der Waals surface area contributed by atoms with E-state index in [1.54, 1.807) is 12.4 Å². The van der Waals surface area contributed by atoms with Crippen molar-refractivity contribution in [3.63, 3.8) is 0 Å². The molecule has 0 spiro atoms. The lowest BCUT2D eigenvalue weighted by Gasteiger charge is -2.20. The highest BCUT2D eigenvalue weighted by molar-refractivity contribution is 5.91. The van der Waals surface area contributed by atoms with E-state index in [0.29, 0.717) is 11.5 Å². The maximum atomic E-state index is 12.7. The molecule has 8 nitrogen and oxygen atoms in total. The lowest BCUT2D eigenvalue weighted by atomic mass is 10.2. The van der Waals surface area contributed by atoms with Crippen LogP contribution in [0.1, 0.15) is 31.2 Å². The number of fused-ring (bicyclic) bond motifs is 1. The standard InChI is InChI=1S/C20H24N6O2/c1-15-8-4-5-9-16(15)22-17(27)14-26-20(28)25-13-10-21-18(19(25)23-26)24-11-6-2-3-7-12-24/h4-5,8-10,13H,2-3,6-7,11-12,14H2,1H3,(H,22,27). The normalized spacial score (nSPS) is 14.8. The van der Waals surface area contributed by atoms with E-state index in [1.165, 1.54) is 21.9 Å². The van der Waals surface area contributed by atoms with Gasteiger partial charge in [-0.3, -0.25) is 4.79 Å². The van der Waals surface area contributed by atoms with E-state index in [4.69, 9.17) is 0 Å². The van der Waals surface area contributed by atoms with Gasteiger partial charge in [0.15, 0.2) is 5.82 Å². The average Bonchev–Trinajstić information content (AvgIpc) is 2.88. The van der Waals surface area contributed by atoms with Crippen LogP contribution < -0.4 is 15.9 Å². The monoisotopic (exact) mass is 380 g/mol. The summed E-state index contributed by atoms with van der Waals surface area (Å²) in [5.74, 6) is 0.420. The minimum Gasteiger partial charge on any atom is -0.353 e. The van der Waals surface area contributed by atoms with Gasteiger partial charge < -0.3 is 10.2 Å². The predicted molar refractivity (Wildman–Crippen MR) is 108 cm³/mol. The number of amides is 1. The zero-order valence-corrected chi connectivity index (χ0v) is 16.0. The highest BCUT2D eigenvalue weighted by Gasteiger charge is 2.19. The van der Waals surface area contributed by atoms with Gasteiger partial charge in [-0.1, -0.05) is 31.0 Å². The van der Waals surface area contributed by atoms with Crippen molar-refractivity contribution in [2.45, 2.75) is 39.2 Å². The minimum absolute atomic E-state index is 0.145. The molecule has 3 aromatic rings. The molecule has 3 heterocycles. The van der Waals surface area contributed by atoms with Crippen LogP contribution in [0.3, 0.4) is 0 Å². The van der Waals surface area contributed by atoms with Crippen molar-refractivity contribution >= 4 is 23.1 Å². The molecule has 1 amide bonds. The molecule has 146 valence electrons. The number of nitrogens with one attached hydrogen (secondary N) is 1. The van der Waals surface area contributed by atoms with Gasteiger partial charge in [-0.15, -0.1) is 5.10 Å². The van der Waals surface area contributed by atoms with Crippen LogP contribution in [-0.4, -0.2) is 38.2 Å². The number of para-hydroxylation sites is 1. The summed E-state index contributed by atoms with van der Waals surface area (Å²) in [5, 5.41) is 7.27. The molecule has 0 atom stereocenters. The SMILES string of the molecule is Cc1ccccc1NC(=O)Cn1nc2c(N3CCCCCC3)nccn2c1=O. The Balaban J connectivity index is 1.60. The number of anilines is 2. The van der Waals surface area contributed by atoms with Gasteiger partial charge in [0.25, 0.3) is 0 Å². The van der Waals surface area contributed by atoms with E-state index in [1.807, 2.05) is 31.2 Å². The van der Waals surface area contributed by atoms with E-state index in [9.17, 15) is 9.59 Å². The van der Waals surface area contributed by atoms with Crippen molar-refractivity contribution in [3.8, 4) is 0 Å². The number of hydrogen-bond acceptors (Lipinski definition) is 5. The maximum Gasteiger partial charge on any atom is 0.350 e. The van der Waals surface area contributed by atoms with Crippen LogP contribution in [0.5, 0.6) is 0 Å². The minimum atomic E-state index is -0.339. The third-order valence-electron chi connectivity index (χ3n) is 5.10. The van der Waals surface area contributed by atoms with Gasteiger partial charge in [0.05, 0.1) is 0 Å². The Morgan fingerprint density at radius 1 is 1.14 bits per heavy atom. The first-order valence-corrected chi connectivity index (χ1v) is 9.68. The molecular weight excluding hydrogens is 356 g/mol. The largest absolute Gasteiger partial charge is 0.353 e. The maximum absolute atomic E-state index is 12.7. The fourth-order valence-electron chi connectivity index (χ4n) is 3.58. The molecule has 8 heteroatoms. The Labute approximate surface area is 162 Å². The Morgan fingerprint density at radius 2 is 1.89 bits per heavy atom. The summed E-state index contributed by atoms with van der Waals surface area (Å²) in [4.78, 5) is 31.8. The molecule has 1 saturated heterocycles. The number of carbonyl (C=O) groups is 1. The number of nitrogens with zero attached hydrogens (tertiary/aromatic N) is 5. The van der Waals surface area contributed by atoms with E-state index in [2.05, 4.69) is 20.3 Å². The fourth-order valence-corrected chi connectivity index (χ4v) is 3.58. The molecule has 0 saturated carbocycles. The fraction of sp³-hybridized carbons (Fsp3) is 0.400. The van der Waals surface area contributed by atoms with Crippen molar-refractivity contribution in [2.75, 3.05) is 23.3 Å². The molecule has 4 rings (SSSR count). The summed E-state index contributed by atoms with van der Waals surface area (Å²) >= 11 is 0. The number of aromatic nitrogens is 4. The Kier molecular flexibility index (Phi) is 5.10. The molecule has 0 bridgehead atoms. The summed E-state index contributed by atoms with van der Waals surface area (Å²) in [6.07, 6.45) is 7.84. The van der Waals surface area contributed by atoms with Gasteiger partial charge in [0, 0.05) is 31.2 Å². The van der Waals surface area contributed by atoms with Crippen LogP contribution >= 0.6 is 0 Å². The van der Waals surface area contributed by atoms with Gasteiger partial charge in [-0.2, -0.15) is 0 Å². The second-order valence-corrected chi connectivity index (χ2v) is 7.15. The van der Waals surface area contributed by atoms with Crippen LogP contribution in [0.15, 0.2) is 41.5 Å². The predicted octanol–water partition coefficient (Wildman–Crippen LogP) is 2.22. The number of aryl methyl sites for hydroxylation is 1. The van der Waals surface area contributed by atoms with Gasteiger partial charge in [-0.25, -0.2) is 18.9 Å². The first-order chi connectivity index (χ1) is 13.6. The molecule has 0 radical (unpaired) electrons. The van der Waals surface area contributed by atoms with Crippen molar-refractivity contribution in [2.24, 2.45) is 0 Å². The molecule has 0 unspecified atom stereocenters. The van der Waals surface area contributed by atoms with E-state index < -0.39 is 0 Å². The smallest absolute Gasteiger partial charge is 0.350 e. The van der Waals surface area contributed by atoms with Crippen molar-refractivity contribution in [1.82, 2.24) is 19.2 Å². The average molecular weight is 380 g/mol. The summed E-state index contributed by atoms with van der Waals surface area (Å²) in [5.41, 5.74) is 1.86. The summed E-state index contributed by atoms with van der Waals surface area (Å²) in [6, 6.07) is 7.53. The molecular formula is C20H24N6O2. The molecule has 1 N–H and O–H groups in total. The third kappa shape index (κ3) is 3.62. The number of carbonyl (C=O) groups excluding carboxylic acids is 1. The van der Waals surface area contributed by atoms with Gasteiger partial charge >= 0.3 is 5.69 Å². The number of hydrogen-bond donors (Lipinski definition) is 1. The van der Waals surface area contributed by atoms with E-state index >= 15 is 0 Å². The lowest BCUT2D eigenvalue weighted by Crippen LogP contribution is -2.28. The third-order valence-corrected chi connectivity index (χ3v) is 5.10. The second-order valence-electron chi connectivity index (χ2n) is 7.15. The number of rotatable bonds is 4. The first-order valence-electron chi connectivity index (χ1n) is 9.68. The van der Waals surface area contributed by atoms with Crippen LogP contribution in [0.25, 0.3) is 5.65 Å². The van der Waals surface area contributed by atoms with Gasteiger partial charge in [0.1, 0.15) is 6.54 Å². The summed E-state index contributed by atoms with van der Waals surface area (Å²) < 4.78 is 2.67. The van der Waals surface area contributed by atoms with Crippen LogP contribution in [-0.2, 0) is 11.3 Å². The van der Waals surface area contributed by atoms with Crippen LogP contribution in [0.2, 0.25) is 0 Å². The Morgan fingerprint density at radius 3 is 2.64 bits per heavy atom. The van der Waals surface area contributed by atoms with Gasteiger partial charge in [-0.05, 0) is 31.4 Å². The lowest BCUT2D eigenvalue weighted by molar-refractivity contribution is -0.117. The van der Waals surface area contributed by atoms with Crippen molar-refractivity contribution in [1.29, 1.82) is 0 Å². The topological polar surface area (TPSA) is 84.5 Å². The van der Waals surface area contributed by atoms with Crippen LogP contribution in [0.4, 0.5) is 11.5 Å². The summed E-state index contributed by atoms with van der Waals surface area (Å²) in [6.45, 7) is 3.59. The molecule has 1 aromatic carbocycles. The molecule has 2 aromatic heterocycles. The molecule has 1 aliphatic rings. The zero-order chi connectivity index (χ0) is 19.5. The van der Waals surface area contributed by atoms with Crippen molar-refractivity contribution in [3.05, 3.63) is 52.7 Å². The quantitative estimate of drug-likeness (QED) is 0.750. The van der Waals surface area contributed by atoms with Gasteiger partial charge in [0.2, 0.25) is 11.6 Å².